The smallest absolute Gasteiger partial charge is 0.286 e. The van der Waals surface area contributed by atoms with Crippen LogP contribution in [-0.4, -0.2) is 38.8 Å². The molecule has 2 aromatic carbocycles. The molecule has 0 aliphatic heterocycles. The maximum atomic E-state index is 12.8. The van der Waals surface area contributed by atoms with Crippen molar-refractivity contribution in [3.8, 4) is 23.0 Å². The highest BCUT2D eigenvalue weighted by Crippen LogP contribution is 2.35. The number of hydrogen-bond donors (Lipinski definition) is 1. The second kappa shape index (κ2) is 9.63. The fourth-order valence-electron chi connectivity index (χ4n) is 2.79. The van der Waals surface area contributed by atoms with E-state index in [9.17, 15) is 14.9 Å². The molecule has 0 spiro atoms. The summed E-state index contributed by atoms with van der Waals surface area (Å²) in [5.74, 6) is 0.900. The molecule has 0 saturated heterocycles. The third-order valence-electron chi connectivity index (χ3n) is 4.28. The highest BCUT2D eigenvalue weighted by molar-refractivity contribution is 5.99. The Hall–Kier alpha value is -3.49. The zero-order valence-corrected chi connectivity index (χ0v) is 17.0. The lowest BCUT2D eigenvalue weighted by Crippen LogP contribution is -2.27. The second-order valence-corrected chi connectivity index (χ2v) is 6.02. The first-order chi connectivity index (χ1) is 13.9. The van der Waals surface area contributed by atoms with Crippen LogP contribution in [0.3, 0.4) is 0 Å². The van der Waals surface area contributed by atoms with Crippen molar-refractivity contribution in [3.63, 3.8) is 0 Å². The number of nitro groups is 1. The lowest BCUT2D eigenvalue weighted by molar-refractivity contribution is -0.385. The van der Waals surface area contributed by atoms with E-state index in [1.807, 2.05) is 0 Å². The van der Waals surface area contributed by atoms with Crippen molar-refractivity contribution in [2.45, 2.75) is 19.9 Å². The maximum Gasteiger partial charge on any atom is 0.286 e. The zero-order valence-electron chi connectivity index (χ0n) is 17.0. The van der Waals surface area contributed by atoms with E-state index in [-0.39, 0.29) is 22.7 Å². The molecule has 29 heavy (non-hydrogen) atoms. The molecule has 0 bridgehead atoms. The first-order valence-electron chi connectivity index (χ1n) is 8.88. The van der Waals surface area contributed by atoms with E-state index < -0.39 is 16.9 Å². The van der Waals surface area contributed by atoms with Gasteiger partial charge in [0.1, 0.15) is 5.56 Å². The molecule has 9 nitrogen and oxygen atoms in total. The Morgan fingerprint density at radius 3 is 2.21 bits per heavy atom. The Morgan fingerprint density at radius 1 is 1.03 bits per heavy atom. The molecule has 1 atom stereocenters. The molecule has 0 radical (unpaired) electrons. The van der Waals surface area contributed by atoms with Gasteiger partial charge in [0, 0.05) is 6.07 Å². The molecule has 0 aliphatic rings. The lowest BCUT2D eigenvalue weighted by Gasteiger charge is -2.17. The molecule has 0 fully saturated rings. The first kappa shape index (κ1) is 21.8. The number of benzene rings is 2. The first-order valence-corrected chi connectivity index (χ1v) is 8.88. The number of carbonyl (C=O) groups excluding carboxylic acids is 1. The summed E-state index contributed by atoms with van der Waals surface area (Å²) in [5, 5.41) is 14.2. The number of amides is 1. The van der Waals surface area contributed by atoms with Crippen molar-refractivity contribution in [2.24, 2.45) is 0 Å². The van der Waals surface area contributed by atoms with E-state index in [1.54, 1.807) is 32.0 Å². The van der Waals surface area contributed by atoms with Gasteiger partial charge in [0.2, 0.25) is 0 Å². The number of carbonyl (C=O) groups is 1. The van der Waals surface area contributed by atoms with Gasteiger partial charge in [0.25, 0.3) is 11.6 Å². The van der Waals surface area contributed by atoms with Gasteiger partial charge in [-0.1, -0.05) is 6.07 Å². The van der Waals surface area contributed by atoms with Crippen LogP contribution in [-0.2, 0) is 0 Å². The third-order valence-corrected chi connectivity index (χ3v) is 4.28. The lowest BCUT2D eigenvalue weighted by atomic mass is 10.1. The Bertz CT molecular complexity index is 899. The Labute approximate surface area is 168 Å². The average molecular weight is 404 g/mol. The molecule has 1 amide bonds. The van der Waals surface area contributed by atoms with Crippen molar-refractivity contribution in [1.29, 1.82) is 0 Å². The Balaban J connectivity index is 2.36. The molecule has 1 unspecified atom stereocenters. The van der Waals surface area contributed by atoms with E-state index in [1.165, 1.54) is 33.5 Å². The van der Waals surface area contributed by atoms with Crippen molar-refractivity contribution in [2.75, 3.05) is 27.9 Å². The van der Waals surface area contributed by atoms with Crippen molar-refractivity contribution >= 4 is 11.6 Å². The van der Waals surface area contributed by atoms with Gasteiger partial charge in [-0.15, -0.1) is 0 Å². The molecule has 0 aliphatic carbocycles. The summed E-state index contributed by atoms with van der Waals surface area (Å²) in [6, 6.07) is 7.29. The summed E-state index contributed by atoms with van der Waals surface area (Å²) < 4.78 is 21.1. The van der Waals surface area contributed by atoms with Crippen molar-refractivity contribution in [1.82, 2.24) is 5.32 Å². The normalized spacial score (nSPS) is 11.3. The van der Waals surface area contributed by atoms with Crippen LogP contribution in [0.25, 0.3) is 0 Å². The van der Waals surface area contributed by atoms with Gasteiger partial charge in [-0.25, -0.2) is 0 Å². The van der Waals surface area contributed by atoms with E-state index in [2.05, 4.69) is 5.32 Å². The van der Waals surface area contributed by atoms with Gasteiger partial charge in [-0.05, 0) is 31.5 Å². The third kappa shape index (κ3) is 4.87. The largest absolute Gasteiger partial charge is 0.493 e. The molecule has 2 rings (SSSR count). The number of ether oxygens (including phenoxy) is 4. The molecular weight excluding hydrogens is 380 g/mol. The summed E-state index contributed by atoms with van der Waals surface area (Å²) in [6.45, 7) is 3.84. The molecule has 1 N–H and O–H groups in total. The number of hydrogen-bond acceptors (Lipinski definition) is 7. The molecule has 0 aromatic heterocycles. The minimum absolute atomic E-state index is 0.119. The molecule has 0 saturated carbocycles. The predicted octanol–water partition coefficient (Wildman–Crippen LogP) is 3.51. The van der Waals surface area contributed by atoms with Gasteiger partial charge < -0.3 is 24.3 Å². The van der Waals surface area contributed by atoms with E-state index in [0.717, 1.165) is 5.56 Å². The Morgan fingerprint density at radius 2 is 1.66 bits per heavy atom. The van der Waals surface area contributed by atoms with Crippen molar-refractivity contribution in [3.05, 3.63) is 51.6 Å². The molecule has 0 heterocycles. The second-order valence-electron chi connectivity index (χ2n) is 6.02. The predicted molar refractivity (Wildman–Crippen MR) is 106 cm³/mol. The van der Waals surface area contributed by atoms with Crippen LogP contribution in [0.15, 0.2) is 30.3 Å². The Kier molecular flexibility index (Phi) is 7.24. The summed E-state index contributed by atoms with van der Waals surface area (Å²) >= 11 is 0. The standard InChI is InChI=1S/C20H24N2O7/c1-6-29-19-10-14(15(22(24)25)11-18(19)28-5)20(23)21-12(2)13-7-8-16(26-3)17(9-13)27-4/h7-12H,6H2,1-5H3,(H,21,23). The highest BCUT2D eigenvalue weighted by Gasteiger charge is 2.26. The minimum atomic E-state index is -0.631. The average Bonchev–Trinajstić information content (AvgIpc) is 2.72. The monoisotopic (exact) mass is 404 g/mol. The molecule has 2 aromatic rings. The number of nitro benzene ring substituents is 1. The highest BCUT2D eigenvalue weighted by atomic mass is 16.6. The van der Waals surface area contributed by atoms with Gasteiger partial charge in [0.05, 0.1) is 45.0 Å². The van der Waals surface area contributed by atoms with Crippen molar-refractivity contribution < 1.29 is 28.7 Å². The molecule has 9 heteroatoms. The van der Waals surface area contributed by atoms with Crippen LogP contribution in [0.4, 0.5) is 5.69 Å². The molecular formula is C20H24N2O7. The zero-order chi connectivity index (χ0) is 21.6. The number of nitrogens with one attached hydrogen (secondary N) is 1. The van der Waals surface area contributed by atoms with Gasteiger partial charge >= 0.3 is 0 Å². The quantitative estimate of drug-likeness (QED) is 0.503. The SMILES string of the molecule is CCOc1cc(C(=O)NC(C)c2ccc(OC)c(OC)c2)c([N+](=O)[O-])cc1OC. The topological polar surface area (TPSA) is 109 Å². The summed E-state index contributed by atoms with van der Waals surface area (Å²) in [5.41, 5.74) is 0.256. The van der Waals surface area contributed by atoms with Gasteiger partial charge in [-0.3, -0.25) is 14.9 Å². The molecule has 156 valence electrons. The van der Waals surface area contributed by atoms with Gasteiger partial charge in [0.15, 0.2) is 23.0 Å². The van der Waals surface area contributed by atoms with Gasteiger partial charge in [-0.2, -0.15) is 0 Å². The van der Waals surface area contributed by atoms with Crippen LogP contribution in [0, 0.1) is 10.1 Å². The summed E-state index contributed by atoms with van der Waals surface area (Å²) in [4.78, 5) is 23.7. The van der Waals surface area contributed by atoms with E-state index in [4.69, 9.17) is 18.9 Å². The summed E-state index contributed by atoms with van der Waals surface area (Å²) in [7, 11) is 4.42. The number of methoxy groups -OCH3 is 3. The van der Waals surface area contributed by atoms with E-state index in [0.29, 0.717) is 18.1 Å². The number of nitrogens with zero attached hydrogens (tertiary/aromatic N) is 1. The fourth-order valence-corrected chi connectivity index (χ4v) is 2.79. The van der Waals surface area contributed by atoms with Crippen LogP contribution >= 0.6 is 0 Å². The fraction of sp³-hybridized carbons (Fsp3) is 0.350. The maximum absolute atomic E-state index is 12.8. The summed E-state index contributed by atoms with van der Waals surface area (Å²) in [6.07, 6.45) is 0. The van der Waals surface area contributed by atoms with Crippen LogP contribution in [0.2, 0.25) is 0 Å². The van der Waals surface area contributed by atoms with Crippen LogP contribution in [0.5, 0.6) is 23.0 Å². The van der Waals surface area contributed by atoms with E-state index >= 15 is 0 Å². The van der Waals surface area contributed by atoms with Crippen LogP contribution in [0.1, 0.15) is 35.8 Å². The minimum Gasteiger partial charge on any atom is -0.493 e. The number of rotatable bonds is 9. The van der Waals surface area contributed by atoms with Crippen LogP contribution < -0.4 is 24.3 Å².